The average Bonchev–Trinajstić information content (AvgIpc) is 3.12. The van der Waals surface area contributed by atoms with Gasteiger partial charge in [0.05, 0.1) is 4.47 Å². The molecule has 0 aliphatic rings. The zero-order chi connectivity index (χ0) is 21.5. The fraction of sp³-hybridized carbons (Fsp3) is 0.100. The molecule has 1 amide bonds. The molecule has 0 bridgehead atoms. The summed E-state index contributed by atoms with van der Waals surface area (Å²) in [7, 11) is -3.45. The number of aromatic nitrogens is 1. The van der Waals surface area contributed by atoms with Gasteiger partial charge in [-0.1, -0.05) is 60.7 Å². The molecule has 0 spiro atoms. The van der Waals surface area contributed by atoms with Crippen LogP contribution in [0.3, 0.4) is 0 Å². The van der Waals surface area contributed by atoms with Crippen molar-refractivity contribution < 1.29 is 27.5 Å². The fourth-order valence-electron chi connectivity index (χ4n) is 2.55. The number of halogens is 1. The number of benzene rings is 2. The molecule has 31 heavy (non-hydrogen) atoms. The Bertz CT molecular complexity index is 1100. The van der Waals surface area contributed by atoms with Gasteiger partial charge in [-0.25, -0.2) is 22.7 Å². The van der Waals surface area contributed by atoms with E-state index in [0.29, 0.717) is 9.98 Å². The van der Waals surface area contributed by atoms with E-state index in [-0.39, 0.29) is 52.9 Å². The van der Waals surface area contributed by atoms with Gasteiger partial charge >= 0.3 is 41.6 Å². The van der Waals surface area contributed by atoms with E-state index >= 15 is 0 Å². The third-order valence-electron chi connectivity index (χ3n) is 3.95. The normalized spacial score (nSPS) is 10.3. The summed E-state index contributed by atoms with van der Waals surface area (Å²) in [6.07, 6.45) is 0.0909. The third-order valence-corrected chi connectivity index (χ3v) is 5.26. The predicted octanol–water partition coefficient (Wildman–Crippen LogP) is 2.76. The van der Waals surface area contributed by atoms with Crippen molar-refractivity contribution in [3.8, 4) is 0 Å². The van der Waals surface area contributed by atoms with E-state index in [4.69, 9.17) is 9.47 Å². The number of thiol groups is 1. The molecule has 0 fully saturated rings. The first-order valence-corrected chi connectivity index (χ1v) is 10.6. The minimum atomic E-state index is -3.45. The first-order chi connectivity index (χ1) is 14.5. The van der Waals surface area contributed by atoms with Gasteiger partial charge in [-0.05, 0) is 33.1 Å². The van der Waals surface area contributed by atoms with Crippen LogP contribution in [0, 0.1) is 0 Å². The van der Waals surface area contributed by atoms with Gasteiger partial charge in [0.25, 0.3) is 0 Å². The van der Waals surface area contributed by atoms with Crippen LogP contribution in [0.4, 0.5) is 4.79 Å². The SMILES string of the molecule is O=C(OCc1ccccc1)c1c(Br)ccn1N(C(=O)OCc1ccccc1)[SH](=O)=O.[NaH]. The fourth-order valence-corrected chi connectivity index (χ4v) is 3.51. The van der Waals surface area contributed by atoms with Crippen molar-refractivity contribution in [1.29, 1.82) is 0 Å². The summed E-state index contributed by atoms with van der Waals surface area (Å²) >= 11 is 3.19. The molecule has 3 rings (SSSR count). The molecule has 1 heterocycles. The van der Waals surface area contributed by atoms with E-state index in [1.807, 2.05) is 6.07 Å². The monoisotopic (exact) mass is 516 g/mol. The van der Waals surface area contributed by atoms with Crippen LogP contribution >= 0.6 is 15.9 Å². The molecule has 8 nitrogen and oxygen atoms in total. The molecule has 11 heteroatoms. The van der Waals surface area contributed by atoms with Crippen molar-refractivity contribution in [2.24, 2.45) is 0 Å². The summed E-state index contributed by atoms with van der Waals surface area (Å²) in [6, 6.07) is 19.2. The number of amides is 1. The van der Waals surface area contributed by atoms with Crippen LogP contribution in [0.5, 0.6) is 0 Å². The molecule has 0 unspecified atom stereocenters. The van der Waals surface area contributed by atoms with E-state index in [1.54, 1.807) is 54.6 Å². The van der Waals surface area contributed by atoms with Gasteiger partial charge in [-0.15, -0.1) is 4.41 Å². The third kappa shape index (κ3) is 6.68. The second-order valence-electron chi connectivity index (χ2n) is 5.99. The molecule has 158 valence electrons. The standard InChI is InChI=1S/C20H17BrN2O6S.Na.H/c21-17-11-12-22(18(17)19(24)28-13-15-7-3-1-4-8-15)23(30(26)27)20(25)29-14-16-9-5-2-6-10-16;;/h1-12,30H,13-14H2;;. The number of carbonyl (C=O) groups excluding carboxylic acids is 2. The van der Waals surface area contributed by atoms with Gasteiger partial charge in [0.15, 0.2) is 5.69 Å². The van der Waals surface area contributed by atoms with E-state index in [1.165, 1.54) is 12.3 Å². The second kappa shape index (κ2) is 12.1. The molecule has 0 saturated carbocycles. The van der Waals surface area contributed by atoms with Gasteiger partial charge < -0.3 is 9.47 Å². The van der Waals surface area contributed by atoms with Gasteiger partial charge in [0.2, 0.25) is 10.9 Å². The van der Waals surface area contributed by atoms with Crippen LogP contribution < -0.4 is 4.41 Å². The van der Waals surface area contributed by atoms with Gasteiger partial charge in [-0.3, -0.25) is 0 Å². The van der Waals surface area contributed by atoms with E-state index in [2.05, 4.69) is 15.9 Å². The van der Waals surface area contributed by atoms with Crippen LogP contribution in [0.2, 0.25) is 0 Å². The molecule has 0 N–H and O–H groups in total. The molecule has 0 saturated heterocycles. The van der Waals surface area contributed by atoms with Crippen LogP contribution in [0.25, 0.3) is 0 Å². The number of ether oxygens (including phenoxy) is 2. The molecule has 0 aliphatic carbocycles. The first kappa shape index (κ1) is 25.2. The number of rotatable bonds is 7. The van der Waals surface area contributed by atoms with Crippen LogP contribution in [0.1, 0.15) is 21.6 Å². The first-order valence-electron chi connectivity index (χ1n) is 8.70. The summed E-state index contributed by atoms with van der Waals surface area (Å²) in [4.78, 5) is 25.1. The Hall–Kier alpha value is -2.11. The minimum absolute atomic E-state index is 0. The van der Waals surface area contributed by atoms with E-state index in [9.17, 15) is 18.0 Å². The van der Waals surface area contributed by atoms with E-state index in [0.717, 1.165) is 10.2 Å². The molecular weight excluding hydrogens is 499 g/mol. The summed E-state index contributed by atoms with van der Waals surface area (Å²) in [5.41, 5.74) is 1.28. The molecule has 0 radical (unpaired) electrons. The Morgan fingerprint density at radius 2 is 1.39 bits per heavy atom. The molecular formula is C20H18BrN2NaO6S. The Balaban J connectivity index is 0.00000341. The Morgan fingerprint density at radius 1 is 0.871 bits per heavy atom. The van der Waals surface area contributed by atoms with Crippen LogP contribution in [-0.2, 0) is 33.6 Å². The van der Waals surface area contributed by atoms with E-state index < -0.39 is 23.0 Å². The molecule has 3 aromatic rings. The van der Waals surface area contributed by atoms with Crippen molar-refractivity contribution in [1.82, 2.24) is 4.68 Å². The van der Waals surface area contributed by atoms with Crippen LogP contribution in [0.15, 0.2) is 77.4 Å². The summed E-state index contributed by atoms with van der Waals surface area (Å²) < 4.78 is 35.4. The maximum atomic E-state index is 12.6. The van der Waals surface area contributed by atoms with Gasteiger partial charge in [0.1, 0.15) is 13.2 Å². The van der Waals surface area contributed by atoms with Crippen LogP contribution in [-0.4, -0.2) is 54.7 Å². The number of esters is 1. The number of hydrogen-bond donors (Lipinski definition) is 1. The zero-order valence-corrected chi connectivity index (χ0v) is 18.0. The Morgan fingerprint density at radius 3 is 1.90 bits per heavy atom. The molecule has 1 aromatic heterocycles. The van der Waals surface area contributed by atoms with Gasteiger partial charge in [-0.2, -0.15) is 0 Å². The molecule has 0 atom stereocenters. The summed E-state index contributed by atoms with van der Waals surface area (Å²) in [5, 5.41) is 0. The number of hydrogen-bond acceptors (Lipinski definition) is 6. The molecule has 0 aliphatic heterocycles. The zero-order valence-electron chi connectivity index (χ0n) is 15.5. The summed E-state index contributed by atoms with van der Waals surface area (Å²) in [6.45, 7) is -0.144. The summed E-state index contributed by atoms with van der Waals surface area (Å²) in [5.74, 6) is -0.812. The van der Waals surface area contributed by atoms with Crippen molar-refractivity contribution in [2.45, 2.75) is 13.2 Å². The Kier molecular flexibility index (Phi) is 9.79. The van der Waals surface area contributed by atoms with Gasteiger partial charge in [0, 0.05) is 6.20 Å². The van der Waals surface area contributed by atoms with Crippen molar-refractivity contribution in [3.63, 3.8) is 0 Å². The quantitative estimate of drug-likeness (QED) is 0.294. The van der Waals surface area contributed by atoms with Crippen molar-refractivity contribution in [2.75, 3.05) is 4.41 Å². The van der Waals surface area contributed by atoms with Crippen molar-refractivity contribution >= 4 is 68.4 Å². The predicted molar refractivity (Wildman–Crippen MR) is 120 cm³/mol. The number of carbonyl (C=O) groups is 2. The number of nitrogens with zero attached hydrogens (tertiary/aromatic N) is 2. The Labute approximate surface area is 211 Å². The second-order valence-corrected chi connectivity index (χ2v) is 7.69. The maximum absolute atomic E-state index is 12.6. The van der Waals surface area contributed by atoms with Crippen molar-refractivity contribution in [3.05, 3.63) is 94.2 Å². The average molecular weight is 517 g/mol. The molecule has 2 aromatic carbocycles. The topological polar surface area (TPSA) is 94.9 Å².